The van der Waals surface area contributed by atoms with Crippen molar-refractivity contribution < 1.29 is 0 Å². The minimum Gasteiger partial charge on any atom is -0.0757 e. The Bertz CT molecular complexity index is 1110. The number of rotatable bonds is 4. The quantitative estimate of drug-likeness (QED) is 0.466. The van der Waals surface area contributed by atoms with Crippen LogP contribution in [0.3, 0.4) is 0 Å². The average molecular weight is 386 g/mol. The van der Waals surface area contributed by atoms with Gasteiger partial charge in [0.1, 0.15) is 0 Å². The molecule has 0 unspecified atom stereocenters. The van der Waals surface area contributed by atoms with Gasteiger partial charge in [-0.3, -0.25) is 0 Å². The predicted octanol–water partition coefficient (Wildman–Crippen LogP) is 4.00. The van der Waals surface area contributed by atoms with E-state index in [-0.39, 0.29) is 0 Å². The summed E-state index contributed by atoms with van der Waals surface area (Å²) in [5, 5.41) is 2.60. The SMILES string of the molecule is Cc1cc(C)c([B]c2cccc3cccc([B]c4c(C)cc(C)cc4C)c23)c(C)c1. The van der Waals surface area contributed by atoms with Gasteiger partial charge in [0.15, 0.2) is 14.6 Å². The third-order valence-electron chi connectivity index (χ3n) is 6.04. The molecule has 0 aliphatic heterocycles. The van der Waals surface area contributed by atoms with Gasteiger partial charge in [-0.25, -0.2) is 0 Å². The Morgan fingerprint density at radius 3 is 1.23 bits per heavy atom. The topological polar surface area (TPSA) is 0 Å². The number of hydrogen-bond donors (Lipinski definition) is 0. The molecule has 0 heterocycles. The van der Waals surface area contributed by atoms with E-state index in [2.05, 4.69) is 117 Å². The maximum atomic E-state index is 2.36. The molecule has 146 valence electrons. The fraction of sp³-hybridized carbons (Fsp3) is 0.214. The molecule has 0 amide bonds. The molecule has 0 N–H and O–H groups in total. The van der Waals surface area contributed by atoms with E-state index in [1.807, 2.05) is 0 Å². The highest BCUT2D eigenvalue weighted by Gasteiger charge is 2.14. The fourth-order valence-electron chi connectivity index (χ4n) is 4.79. The molecule has 0 aromatic heterocycles. The van der Waals surface area contributed by atoms with Crippen LogP contribution in [0.4, 0.5) is 0 Å². The molecule has 4 aromatic carbocycles. The van der Waals surface area contributed by atoms with Crippen molar-refractivity contribution in [2.45, 2.75) is 41.5 Å². The van der Waals surface area contributed by atoms with Gasteiger partial charge >= 0.3 is 0 Å². The maximum absolute atomic E-state index is 2.36. The average Bonchev–Trinajstić information content (AvgIpc) is 2.67. The Morgan fingerprint density at radius 1 is 0.500 bits per heavy atom. The highest BCUT2D eigenvalue weighted by Crippen LogP contribution is 2.12. The summed E-state index contributed by atoms with van der Waals surface area (Å²) in [6.07, 6.45) is 0. The first kappa shape index (κ1) is 20.5. The van der Waals surface area contributed by atoms with E-state index in [0.717, 1.165) is 0 Å². The number of benzene rings is 4. The molecule has 0 aliphatic carbocycles. The summed E-state index contributed by atoms with van der Waals surface area (Å²) in [5.41, 5.74) is 13.2. The van der Waals surface area contributed by atoms with Crippen LogP contribution in [-0.4, -0.2) is 14.6 Å². The van der Waals surface area contributed by atoms with Crippen LogP contribution in [0.25, 0.3) is 10.8 Å². The van der Waals surface area contributed by atoms with Gasteiger partial charge in [-0.05, 0) is 52.3 Å². The molecule has 2 radical (unpaired) electrons. The lowest BCUT2D eigenvalue weighted by Crippen LogP contribution is -2.37. The first-order valence-electron chi connectivity index (χ1n) is 10.7. The largest absolute Gasteiger partial charge is 0.192 e. The molecule has 0 aliphatic rings. The Labute approximate surface area is 182 Å². The predicted molar refractivity (Wildman–Crippen MR) is 135 cm³/mol. The second-order valence-corrected chi connectivity index (χ2v) is 8.71. The van der Waals surface area contributed by atoms with Crippen LogP contribution in [0.1, 0.15) is 33.4 Å². The van der Waals surface area contributed by atoms with E-state index in [1.54, 1.807) is 0 Å². The summed E-state index contributed by atoms with van der Waals surface area (Å²) < 4.78 is 0. The minimum absolute atomic E-state index is 1.27. The molecule has 0 spiro atoms. The summed E-state index contributed by atoms with van der Waals surface area (Å²) >= 11 is 0. The zero-order valence-electron chi connectivity index (χ0n) is 18.9. The van der Waals surface area contributed by atoms with E-state index in [4.69, 9.17) is 0 Å². The van der Waals surface area contributed by atoms with Crippen LogP contribution in [-0.2, 0) is 0 Å². The molecular weight excluding hydrogens is 358 g/mol. The smallest absolute Gasteiger partial charge is 0.0757 e. The third-order valence-corrected chi connectivity index (χ3v) is 6.04. The molecule has 30 heavy (non-hydrogen) atoms. The molecule has 4 rings (SSSR count). The summed E-state index contributed by atoms with van der Waals surface area (Å²) in [7, 11) is 4.72. The first-order chi connectivity index (χ1) is 14.3. The van der Waals surface area contributed by atoms with Gasteiger partial charge in [0.2, 0.25) is 0 Å². The first-order valence-corrected chi connectivity index (χ1v) is 10.7. The zero-order valence-corrected chi connectivity index (χ0v) is 18.9. The zero-order chi connectivity index (χ0) is 21.4. The van der Waals surface area contributed by atoms with E-state index < -0.39 is 0 Å². The molecule has 4 aromatic rings. The van der Waals surface area contributed by atoms with Gasteiger partial charge in [-0.1, -0.05) is 116 Å². The van der Waals surface area contributed by atoms with Crippen LogP contribution in [0.15, 0.2) is 60.7 Å². The molecule has 0 saturated carbocycles. The standard InChI is InChI=1S/C28H28B2/c1-17-13-19(3)27(20(4)14-17)29-24-11-7-9-23-10-8-12-25(26(23)24)30-28-21(5)15-18(2)16-22(28)6/h7-16H,1-6H3. The number of fused-ring (bicyclic) bond motifs is 1. The minimum atomic E-state index is 1.27. The fourth-order valence-corrected chi connectivity index (χ4v) is 4.79. The lowest BCUT2D eigenvalue weighted by atomic mass is 9.55. The monoisotopic (exact) mass is 386 g/mol. The van der Waals surface area contributed by atoms with Crippen LogP contribution in [0.2, 0.25) is 0 Å². The third kappa shape index (κ3) is 3.97. The Hall–Kier alpha value is -2.73. The lowest BCUT2D eigenvalue weighted by molar-refractivity contribution is 1.35. The maximum Gasteiger partial charge on any atom is 0.192 e. The van der Waals surface area contributed by atoms with Crippen molar-refractivity contribution in [3.8, 4) is 0 Å². The van der Waals surface area contributed by atoms with Gasteiger partial charge in [0, 0.05) is 0 Å². The van der Waals surface area contributed by atoms with E-state index in [9.17, 15) is 0 Å². The summed E-state index contributed by atoms with van der Waals surface area (Å²) in [5.74, 6) is 0. The van der Waals surface area contributed by atoms with Crippen LogP contribution < -0.4 is 21.9 Å². The van der Waals surface area contributed by atoms with Crippen molar-refractivity contribution in [1.29, 1.82) is 0 Å². The van der Waals surface area contributed by atoms with Crippen molar-refractivity contribution in [1.82, 2.24) is 0 Å². The van der Waals surface area contributed by atoms with Crippen molar-refractivity contribution in [2.75, 3.05) is 0 Å². The summed E-state index contributed by atoms with van der Waals surface area (Å²) in [4.78, 5) is 0. The highest BCUT2D eigenvalue weighted by molar-refractivity contribution is 6.75. The molecular formula is C28H28B2. The molecule has 0 atom stereocenters. The van der Waals surface area contributed by atoms with Gasteiger partial charge in [-0.2, -0.15) is 0 Å². The van der Waals surface area contributed by atoms with Crippen LogP contribution in [0, 0.1) is 41.5 Å². The van der Waals surface area contributed by atoms with Gasteiger partial charge < -0.3 is 0 Å². The molecule has 0 nitrogen and oxygen atoms in total. The van der Waals surface area contributed by atoms with Crippen LogP contribution in [0.5, 0.6) is 0 Å². The number of hydrogen-bond acceptors (Lipinski definition) is 0. The van der Waals surface area contributed by atoms with E-state index >= 15 is 0 Å². The molecule has 0 fully saturated rings. The van der Waals surface area contributed by atoms with Crippen molar-refractivity contribution in [2.24, 2.45) is 0 Å². The van der Waals surface area contributed by atoms with Crippen molar-refractivity contribution >= 4 is 47.2 Å². The normalized spacial score (nSPS) is 11.0. The molecule has 2 heteroatoms. The second-order valence-electron chi connectivity index (χ2n) is 8.71. The van der Waals surface area contributed by atoms with Crippen molar-refractivity contribution in [3.63, 3.8) is 0 Å². The van der Waals surface area contributed by atoms with Gasteiger partial charge in [0.25, 0.3) is 0 Å². The van der Waals surface area contributed by atoms with Crippen molar-refractivity contribution in [3.05, 3.63) is 94.0 Å². The Balaban J connectivity index is 1.84. The highest BCUT2D eigenvalue weighted by atomic mass is 14.1. The van der Waals surface area contributed by atoms with E-state index in [0.29, 0.717) is 0 Å². The second kappa shape index (κ2) is 8.19. The summed E-state index contributed by atoms with van der Waals surface area (Å²) in [6, 6.07) is 22.3. The Kier molecular flexibility index (Phi) is 5.60. The van der Waals surface area contributed by atoms with Crippen LogP contribution >= 0.6 is 0 Å². The Morgan fingerprint density at radius 2 is 0.867 bits per heavy atom. The van der Waals surface area contributed by atoms with Gasteiger partial charge in [-0.15, -0.1) is 0 Å². The lowest BCUT2D eigenvalue weighted by Gasteiger charge is -2.16. The van der Waals surface area contributed by atoms with Gasteiger partial charge in [0.05, 0.1) is 0 Å². The molecule has 0 bridgehead atoms. The van der Waals surface area contributed by atoms with E-state index in [1.165, 1.54) is 66.0 Å². The molecule has 0 saturated heterocycles. The number of aryl methyl sites for hydroxylation is 6. The summed E-state index contributed by atoms with van der Waals surface area (Å²) in [6.45, 7) is 13.2.